The lowest BCUT2D eigenvalue weighted by atomic mass is 9.53. The SMILES string of the molecule is COc1cccc(C2(O)CCC(c3ccccc3)C3(C(=O)[O-])CN(Cc4ccccc4)CC23)c1. The molecule has 34 heavy (non-hydrogen) atoms. The summed E-state index contributed by atoms with van der Waals surface area (Å²) in [6.07, 6.45) is 1.03. The number of aliphatic carboxylic acids is 1. The molecule has 1 aliphatic carbocycles. The molecule has 4 unspecified atom stereocenters. The van der Waals surface area contributed by atoms with Gasteiger partial charge in [0.2, 0.25) is 0 Å². The number of hydrogen-bond acceptors (Lipinski definition) is 5. The van der Waals surface area contributed by atoms with Crippen LogP contribution in [0.1, 0.15) is 35.4 Å². The first-order valence-electron chi connectivity index (χ1n) is 11.9. The standard InChI is InChI=1S/C29H31NO4/c1-34-24-14-8-13-23(17-24)29(33)16-15-25(22-11-6-3-7-12-22)28(27(31)32)20-30(19-26(28)29)18-21-9-4-2-5-10-21/h2-14,17,25-26,33H,15-16,18-20H2,1H3,(H,31,32)/p-1. The molecule has 4 atom stereocenters. The van der Waals surface area contributed by atoms with Gasteiger partial charge in [0.05, 0.1) is 12.7 Å². The molecule has 0 radical (unpaired) electrons. The monoisotopic (exact) mass is 456 g/mol. The van der Waals surface area contributed by atoms with Crippen LogP contribution in [0.3, 0.4) is 0 Å². The fraction of sp³-hybridized carbons (Fsp3) is 0.345. The van der Waals surface area contributed by atoms with Gasteiger partial charge in [-0.25, -0.2) is 0 Å². The van der Waals surface area contributed by atoms with Crippen LogP contribution in [0.15, 0.2) is 84.9 Å². The Labute approximate surface area is 200 Å². The van der Waals surface area contributed by atoms with E-state index in [-0.39, 0.29) is 5.92 Å². The smallest absolute Gasteiger partial charge is 0.119 e. The third-order valence-electron chi connectivity index (χ3n) is 7.96. The van der Waals surface area contributed by atoms with Gasteiger partial charge >= 0.3 is 0 Å². The first kappa shape index (κ1) is 22.6. The number of fused-ring (bicyclic) bond motifs is 1. The van der Waals surface area contributed by atoms with Crippen LogP contribution in [-0.2, 0) is 16.9 Å². The van der Waals surface area contributed by atoms with Crippen molar-refractivity contribution in [2.24, 2.45) is 11.3 Å². The van der Waals surface area contributed by atoms with Crippen molar-refractivity contribution >= 4 is 5.97 Å². The largest absolute Gasteiger partial charge is 0.549 e. The molecule has 1 N–H and O–H groups in total. The molecule has 1 saturated heterocycles. The van der Waals surface area contributed by atoms with Crippen LogP contribution in [0.4, 0.5) is 0 Å². The van der Waals surface area contributed by atoms with Crippen LogP contribution in [0, 0.1) is 11.3 Å². The van der Waals surface area contributed by atoms with E-state index >= 15 is 0 Å². The summed E-state index contributed by atoms with van der Waals surface area (Å²) < 4.78 is 5.41. The number of likely N-dealkylation sites (tertiary alicyclic amines) is 1. The summed E-state index contributed by atoms with van der Waals surface area (Å²) in [6, 6.07) is 27.3. The van der Waals surface area contributed by atoms with E-state index in [2.05, 4.69) is 17.0 Å². The van der Waals surface area contributed by atoms with Crippen LogP contribution in [0.2, 0.25) is 0 Å². The van der Waals surface area contributed by atoms with Crippen molar-refractivity contribution < 1.29 is 19.7 Å². The van der Waals surface area contributed by atoms with Gasteiger partial charge in [-0.05, 0) is 47.6 Å². The third kappa shape index (κ3) is 3.69. The zero-order valence-corrected chi connectivity index (χ0v) is 19.4. The van der Waals surface area contributed by atoms with E-state index in [1.54, 1.807) is 7.11 Å². The molecule has 3 aromatic rings. The van der Waals surface area contributed by atoms with E-state index in [1.807, 2.05) is 72.8 Å². The molecule has 5 heteroatoms. The predicted molar refractivity (Wildman–Crippen MR) is 128 cm³/mol. The van der Waals surface area contributed by atoms with Crippen molar-refractivity contribution in [1.29, 1.82) is 0 Å². The number of carbonyl (C=O) groups is 1. The highest BCUT2D eigenvalue weighted by Crippen LogP contribution is 2.60. The van der Waals surface area contributed by atoms with Gasteiger partial charge in [0, 0.05) is 36.9 Å². The van der Waals surface area contributed by atoms with Crippen molar-refractivity contribution in [3.63, 3.8) is 0 Å². The Morgan fingerprint density at radius 2 is 1.76 bits per heavy atom. The zero-order valence-electron chi connectivity index (χ0n) is 19.4. The van der Waals surface area contributed by atoms with Crippen LogP contribution < -0.4 is 9.84 Å². The number of benzene rings is 3. The van der Waals surface area contributed by atoms with E-state index in [9.17, 15) is 15.0 Å². The maximum absolute atomic E-state index is 13.1. The quantitative estimate of drug-likeness (QED) is 0.616. The molecule has 1 heterocycles. The lowest BCUT2D eigenvalue weighted by Crippen LogP contribution is -2.59. The summed E-state index contributed by atoms with van der Waals surface area (Å²) in [4.78, 5) is 15.3. The first-order valence-corrected chi connectivity index (χ1v) is 11.9. The van der Waals surface area contributed by atoms with Gasteiger partial charge < -0.3 is 19.7 Å². The molecule has 0 bridgehead atoms. The van der Waals surface area contributed by atoms with Crippen molar-refractivity contribution in [1.82, 2.24) is 4.90 Å². The van der Waals surface area contributed by atoms with E-state index in [1.165, 1.54) is 0 Å². The number of aliphatic hydroxyl groups is 1. The zero-order chi connectivity index (χ0) is 23.8. The molecule has 176 valence electrons. The van der Waals surface area contributed by atoms with Crippen molar-refractivity contribution in [3.05, 3.63) is 102 Å². The highest BCUT2D eigenvalue weighted by Gasteiger charge is 2.63. The molecule has 0 aromatic heterocycles. The van der Waals surface area contributed by atoms with Crippen LogP contribution >= 0.6 is 0 Å². The van der Waals surface area contributed by atoms with E-state index in [0.29, 0.717) is 43.8 Å². The highest BCUT2D eigenvalue weighted by atomic mass is 16.5. The molecular formula is C29H30NO4-. The second-order valence-corrected chi connectivity index (χ2v) is 9.69. The average Bonchev–Trinajstić information content (AvgIpc) is 3.27. The van der Waals surface area contributed by atoms with Crippen molar-refractivity contribution in [2.45, 2.75) is 30.9 Å². The lowest BCUT2D eigenvalue weighted by molar-refractivity contribution is -0.327. The Morgan fingerprint density at radius 3 is 2.44 bits per heavy atom. The molecule has 5 rings (SSSR count). The minimum atomic E-state index is -1.30. The van der Waals surface area contributed by atoms with Gasteiger partial charge in [-0.2, -0.15) is 0 Å². The predicted octanol–water partition coefficient (Wildman–Crippen LogP) is 3.33. The molecular weight excluding hydrogens is 426 g/mol. The van der Waals surface area contributed by atoms with Crippen LogP contribution in [-0.4, -0.2) is 36.2 Å². The van der Waals surface area contributed by atoms with Crippen LogP contribution in [0.5, 0.6) is 5.75 Å². The average molecular weight is 457 g/mol. The van der Waals surface area contributed by atoms with Crippen molar-refractivity contribution in [2.75, 3.05) is 20.2 Å². The van der Waals surface area contributed by atoms with E-state index in [4.69, 9.17) is 4.74 Å². The molecule has 0 amide bonds. The number of carbonyl (C=O) groups excluding carboxylic acids is 1. The summed E-state index contributed by atoms with van der Waals surface area (Å²) in [6.45, 7) is 1.43. The molecule has 2 aliphatic rings. The topological polar surface area (TPSA) is 72.8 Å². The molecule has 5 nitrogen and oxygen atoms in total. The first-order chi connectivity index (χ1) is 16.5. The van der Waals surface area contributed by atoms with E-state index in [0.717, 1.165) is 11.1 Å². The van der Waals surface area contributed by atoms with Gasteiger partial charge in [0.25, 0.3) is 0 Å². The Hall–Kier alpha value is -3.15. The number of carboxylic acids is 1. The van der Waals surface area contributed by atoms with E-state index < -0.39 is 22.9 Å². The lowest BCUT2D eigenvalue weighted by Gasteiger charge is -2.53. The summed E-state index contributed by atoms with van der Waals surface area (Å²) in [5.41, 5.74) is 0.301. The summed E-state index contributed by atoms with van der Waals surface area (Å²) in [7, 11) is 1.60. The Kier molecular flexibility index (Phi) is 5.92. The van der Waals surface area contributed by atoms with Gasteiger partial charge in [0.15, 0.2) is 0 Å². The van der Waals surface area contributed by atoms with Gasteiger partial charge in [0.1, 0.15) is 5.75 Å². The molecule has 1 saturated carbocycles. The minimum Gasteiger partial charge on any atom is -0.549 e. The fourth-order valence-electron chi connectivity index (χ4n) is 6.39. The second kappa shape index (κ2) is 8.90. The normalized spacial score (nSPS) is 28.9. The number of rotatable bonds is 6. The summed E-state index contributed by atoms with van der Waals surface area (Å²) >= 11 is 0. The fourth-order valence-corrected chi connectivity index (χ4v) is 6.39. The molecule has 3 aromatic carbocycles. The Bertz CT molecular complexity index is 1150. The van der Waals surface area contributed by atoms with Gasteiger partial charge in [-0.1, -0.05) is 72.8 Å². The molecule has 2 fully saturated rings. The number of carboxylic acid groups (broad SMARTS) is 1. The summed E-state index contributed by atoms with van der Waals surface area (Å²) in [5, 5.41) is 25.3. The van der Waals surface area contributed by atoms with Crippen molar-refractivity contribution in [3.8, 4) is 5.75 Å². The number of methoxy groups -OCH3 is 1. The maximum Gasteiger partial charge on any atom is 0.119 e. The highest BCUT2D eigenvalue weighted by molar-refractivity contribution is 5.76. The van der Waals surface area contributed by atoms with Crippen LogP contribution in [0.25, 0.3) is 0 Å². The summed E-state index contributed by atoms with van der Waals surface area (Å²) in [5.74, 6) is -1.20. The van der Waals surface area contributed by atoms with Gasteiger partial charge in [-0.3, -0.25) is 4.90 Å². The molecule has 1 aliphatic heterocycles. The number of ether oxygens (including phenoxy) is 1. The maximum atomic E-state index is 13.1. The Morgan fingerprint density at radius 1 is 1.06 bits per heavy atom. The third-order valence-corrected chi connectivity index (χ3v) is 7.96. The Balaban J connectivity index is 1.61. The number of hydrogen-bond donors (Lipinski definition) is 1. The number of nitrogens with zero attached hydrogens (tertiary/aromatic N) is 1. The second-order valence-electron chi connectivity index (χ2n) is 9.69. The minimum absolute atomic E-state index is 0.240. The molecule has 0 spiro atoms. The van der Waals surface area contributed by atoms with Gasteiger partial charge in [-0.15, -0.1) is 0 Å².